The molecule has 2 heterocycles. The van der Waals surface area contributed by atoms with E-state index in [4.69, 9.17) is 18.9 Å². The van der Waals surface area contributed by atoms with Gasteiger partial charge >= 0.3 is 0 Å². The molecule has 0 spiro atoms. The van der Waals surface area contributed by atoms with Gasteiger partial charge in [-0.15, -0.1) is 0 Å². The Morgan fingerprint density at radius 1 is 0.920 bits per heavy atom. The van der Waals surface area contributed by atoms with Crippen molar-refractivity contribution >= 4 is 0 Å². The van der Waals surface area contributed by atoms with Crippen LogP contribution in [-0.4, -0.2) is 64.5 Å². The zero-order valence-corrected chi connectivity index (χ0v) is 14.4. The Hall–Kier alpha value is -1.22. The third-order valence-electron chi connectivity index (χ3n) is 4.61. The lowest BCUT2D eigenvalue weighted by molar-refractivity contribution is -0.325. The number of para-hydroxylation sites is 1. The molecule has 8 unspecified atom stereocenters. The van der Waals surface area contributed by atoms with Crippen molar-refractivity contribution in [3.8, 4) is 5.75 Å². The maximum absolute atomic E-state index is 10.5. The minimum Gasteiger partial charge on any atom is -0.462 e. The maximum atomic E-state index is 10.5. The van der Waals surface area contributed by atoms with Gasteiger partial charge in [0.1, 0.15) is 30.2 Å². The van der Waals surface area contributed by atoms with E-state index in [9.17, 15) is 15.3 Å². The van der Waals surface area contributed by atoms with Gasteiger partial charge in [-0.3, -0.25) is 0 Å². The number of rotatable bonds is 4. The van der Waals surface area contributed by atoms with Crippen LogP contribution < -0.4 is 4.74 Å². The Bertz CT molecular complexity index is 539. The number of aliphatic hydroxyl groups is 3. The Balaban J connectivity index is 1.64. The topological polar surface area (TPSA) is 97.6 Å². The Morgan fingerprint density at radius 3 is 2.36 bits per heavy atom. The van der Waals surface area contributed by atoms with Gasteiger partial charge in [-0.05, 0) is 38.8 Å². The van der Waals surface area contributed by atoms with Crippen molar-refractivity contribution in [1.82, 2.24) is 0 Å². The molecule has 2 aliphatic heterocycles. The van der Waals surface area contributed by atoms with E-state index in [2.05, 4.69) is 0 Å². The van der Waals surface area contributed by atoms with Crippen molar-refractivity contribution in [3.05, 3.63) is 30.3 Å². The molecule has 0 radical (unpaired) electrons. The van der Waals surface area contributed by atoms with Crippen LogP contribution in [0.4, 0.5) is 0 Å². The summed E-state index contributed by atoms with van der Waals surface area (Å²) in [6, 6.07) is 8.94. The van der Waals surface area contributed by atoms with Crippen LogP contribution in [0.2, 0.25) is 0 Å². The summed E-state index contributed by atoms with van der Waals surface area (Å²) in [5.74, 6) is 0.533. The van der Waals surface area contributed by atoms with Crippen molar-refractivity contribution < 1.29 is 34.3 Å². The zero-order chi connectivity index (χ0) is 18.0. The summed E-state index contributed by atoms with van der Waals surface area (Å²) in [7, 11) is 0. The molecule has 3 rings (SSSR count). The highest BCUT2D eigenvalue weighted by molar-refractivity contribution is 5.21. The second-order valence-electron chi connectivity index (χ2n) is 6.68. The number of aliphatic hydroxyl groups excluding tert-OH is 3. The van der Waals surface area contributed by atoms with Crippen molar-refractivity contribution in [2.24, 2.45) is 0 Å². The van der Waals surface area contributed by atoms with E-state index in [1.54, 1.807) is 31.2 Å². The standard InChI is InChI=1S/C18H26O7/c1-10-8-9-13(19)17(22-10)25-16-11(2)23-18(15(21)14(16)20)24-12-6-4-3-5-7-12/h3-7,10-11,13-21H,8-9H2,1-2H3. The molecule has 1 aromatic carbocycles. The average Bonchev–Trinajstić information content (AvgIpc) is 2.60. The molecule has 0 bridgehead atoms. The van der Waals surface area contributed by atoms with Gasteiger partial charge in [-0.2, -0.15) is 0 Å². The SMILES string of the molecule is CC1CCC(O)C(OC2C(C)OC(Oc3ccccc3)C(O)C2O)O1. The normalized spacial score (nSPS) is 42.1. The van der Waals surface area contributed by atoms with E-state index >= 15 is 0 Å². The van der Waals surface area contributed by atoms with Crippen molar-refractivity contribution in [3.63, 3.8) is 0 Å². The first-order valence-corrected chi connectivity index (χ1v) is 8.68. The minimum atomic E-state index is -1.29. The monoisotopic (exact) mass is 354 g/mol. The molecule has 0 amide bonds. The lowest BCUT2D eigenvalue weighted by Gasteiger charge is -2.43. The second-order valence-corrected chi connectivity index (χ2v) is 6.68. The molecule has 0 saturated carbocycles. The summed E-state index contributed by atoms with van der Waals surface area (Å²) in [5.41, 5.74) is 0. The summed E-state index contributed by atoms with van der Waals surface area (Å²) >= 11 is 0. The van der Waals surface area contributed by atoms with E-state index < -0.39 is 43.1 Å². The largest absolute Gasteiger partial charge is 0.462 e. The zero-order valence-electron chi connectivity index (χ0n) is 14.4. The van der Waals surface area contributed by atoms with Gasteiger partial charge in [0.15, 0.2) is 6.29 Å². The lowest BCUT2D eigenvalue weighted by Crippen LogP contribution is -2.60. The number of hydrogen-bond donors (Lipinski definition) is 3. The van der Waals surface area contributed by atoms with E-state index in [1.165, 1.54) is 0 Å². The van der Waals surface area contributed by atoms with Crippen LogP contribution in [0.5, 0.6) is 5.75 Å². The molecule has 8 atom stereocenters. The first-order valence-electron chi connectivity index (χ1n) is 8.68. The summed E-state index contributed by atoms with van der Waals surface area (Å²) in [6.07, 6.45) is -5.28. The summed E-state index contributed by atoms with van der Waals surface area (Å²) in [4.78, 5) is 0. The van der Waals surface area contributed by atoms with Gasteiger partial charge < -0.3 is 34.3 Å². The molecule has 3 N–H and O–H groups in total. The first kappa shape index (κ1) is 18.6. The second kappa shape index (κ2) is 7.99. The van der Waals surface area contributed by atoms with E-state index in [0.29, 0.717) is 12.2 Å². The summed E-state index contributed by atoms with van der Waals surface area (Å²) in [5, 5.41) is 30.9. The van der Waals surface area contributed by atoms with Crippen molar-refractivity contribution in [2.75, 3.05) is 0 Å². The van der Waals surface area contributed by atoms with Crippen LogP contribution >= 0.6 is 0 Å². The van der Waals surface area contributed by atoms with Crippen LogP contribution in [0.25, 0.3) is 0 Å². The number of ether oxygens (including phenoxy) is 4. The Kier molecular flexibility index (Phi) is 5.93. The molecule has 1 aromatic rings. The molecular weight excluding hydrogens is 328 g/mol. The van der Waals surface area contributed by atoms with Crippen LogP contribution in [0, 0.1) is 0 Å². The van der Waals surface area contributed by atoms with Gasteiger partial charge in [0.05, 0.1) is 12.2 Å². The predicted octanol–water partition coefficient (Wildman–Crippen LogP) is 0.803. The predicted molar refractivity (Wildman–Crippen MR) is 87.9 cm³/mol. The summed E-state index contributed by atoms with van der Waals surface area (Å²) in [6.45, 7) is 3.62. The molecular formula is C18H26O7. The fourth-order valence-corrected chi connectivity index (χ4v) is 3.13. The van der Waals surface area contributed by atoms with E-state index in [0.717, 1.165) is 6.42 Å². The molecule has 0 aromatic heterocycles. The molecule has 140 valence electrons. The van der Waals surface area contributed by atoms with Gasteiger partial charge in [0.25, 0.3) is 0 Å². The van der Waals surface area contributed by atoms with Gasteiger partial charge in [0, 0.05) is 0 Å². The quantitative estimate of drug-likeness (QED) is 0.736. The molecule has 2 saturated heterocycles. The van der Waals surface area contributed by atoms with Crippen LogP contribution in [0.3, 0.4) is 0 Å². The first-order chi connectivity index (χ1) is 12.0. The molecule has 25 heavy (non-hydrogen) atoms. The molecule has 7 nitrogen and oxygen atoms in total. The molecule has 2 aliphatic rings. The highest BCUT2D eigenvalue weighted by Gasteiger charge is 2.46. The number of hydrogen-bond acceptors (Lipinski definition) is 7. The third kappa shape index (κ3) is 4.31. The molecule has 7 heteroatoms. The van der Waals surface area contributed by atoms with E-state index in [-0.39, 0.29) is 6.10 Å². The van der Waals surface area contributed by atoms with Crippen molar-refractivity contribution in [1.29, 1.82) is 0 Å². The van der Waals surface area contributed by atoms with Crippen LogP contribution in [-0.2, 0) is 14.2 Å². The average molecular weight is 354 g/mol. The molecule has 2 fully saturated rings. The lowest BCUT2D eigenvalue weighted by atomic mass is 9.99. The van der Waals surface area contributed by atoms with Crippen LogP contribution in [0.15, 0.2) is 30.3 Å². The van der Waals surface area contributed by atoms with E-state index in [1.807, 2.05) is 13.0 Å². The third-order valence-corrected chi connectivity index (χ3v) is 4.61. The van der Waals surface area contributed by atoms with Crippen molar-refractivity contribution in [2.45, 2.75) is 75.9 Å². The van der Waals surface area contributed by atoms with Crippen LogP contribution in [0.1, 0.15) is 26.7 Å². The maximum Gasteiger partial charge on any atom is 0.229 e. The highest BCUT2D eigenvalue weighted by Crippen LogP contribution is 2.29. The summed E-state index contributed by atoms with van der Waals surface area (Å²) < 4.78 is 22.7. The number of benzene rings is 1. The molecule has 0 aliphatic carbocycles. The Labute approximate surface area is 147 Å². The van der Waals surface area contributed by atoms with Gasteiger partial charge in [-0.1, -0.05) is 18.2 Å². The Morgan fingerprint density at radius 2 is 1.64 bits per heavy atom. The van der Waals surface area contributed by atoms with Gasteiger partial charge in [0.2, 0.25) is 6.29 Å². The van der Waals surface area contributed by atoms with Gasteiger partial charge in [-0.25, -0.2) is 0 Å². The highest BCUT2D eigenvalue weighted by atomic mass is 16.7. The minimum absolute atomic E-state index is 0.0376. The fraction of sp³-hybridized carbons (Fsp3) is 0.667. The smallest absolute Gasteiger partial charge is 0.229 e. The fourth-order valence-electron chi connectivity index (χ4n) is 3.13.